The summed E-state index contributed by atoms with van der Waals surface area (Å²) in [5.41, 5.74) is 1.82. The van der Waals surface area contributed by atoms with E-state index in [1.807, 2.05) is 0 Å². The molecule has 0 fully saturated rings. The van der Waals surface area contributed by atoms with Gasteiger partial charge in [-0.15, -0.1) is 0 Å². The Bertz CT molecular complexity index is 1470. The van der Waals surface area contributed by atoms with E-state index in [2.05, 4.69) is 4.99 Å². The molecule has 1 aliphatic heterocycles. The molecule has 4 rings (SSSR count). The number of esters is 1. The number of aromatic nitrogens is 1. The molecule has 2 heterocycles. The van der Waals surface area contributed by atoms with Gasteiger partial charge in [-0.3, -0.25) is 9.36 Å². The number of halogens is 1. The predicted octanol–water partition coefficient (Wildman–Crippen LogP) is 3.55. The fourth-order valence-electron chi connectivity index (χ4n) is 3.77. The van der Waals surface area contributed by atoms with Crippen LogP contribution in [0.4, 0.5) is 0 Å². The van der Waals surface area contributed by atoms with E-state index >= 15 is 0 Å². The monoisotopic (exact) mass is 498 g/mol. The fraction of sp³-hybridized carbons (Fsp3) is 0.240. The topological polar surface area (TPSA) is 90.1 Å². The molecular formula is C25H23ClN2O5S. The van der Waals surface area contributed by atoms with Crippen molar-refractivity contribution in [2.24, 2.45) is 4.99 Å². The first kappa shape index (κ1) is 23.8. The molecule has 0 saturated carbocycles. The molecule has 34 heavy (non-hydrogen) atoms. The second-order valence-electron chi connectivity index (χ2n) is 8.02. The number of hydrogen-bond donors (Lipinski definition) is 1. The van der Waals surface area contributed by atoms with Crippen LogP contribution in [0.3, 0.4) is 0 Å². The number of benzene rings is 2. The molecule has 176 valence electrons. The highest BCUT2D eigenvalue weighted by Gasteiger charge is 2.33. The molecule has 7 nitrogen and oxygen atoms in total. The van der Waals surface area contributed by atoms with Crippen molar-refractivity contribution in [1.82, 2.24) is 4.57 Å². The lowest BCUT2D eigenvalue weighted by atomic mass is 9.96. The van der Waals surface area contributed by atoms with Crippen molar-refractivity contribution in [2.75, 3.05) is 7.11 Å². The van der Waals surface area contributed by atoms with Crippen molar-refractivity contribution in [3.63, 3.8) is 0 Å². The standard InChI is InChI=1S/C25H23ClN2O5S/c1-13(2)33-24(31)21-14(3)27-25-28(22(21)16-6-8-17(26)9-7-16)23(30)20(34-25)12-15-5-10-19(32-4)18(29)11-15/h5-13,22,29H,1-4H3/b20-12-. The van der Waals surface area contributed by atoms with Crippen LogP contribution in [0.15, 0.2) is 63.5 Å². The molecule has 0 aliphatic carbocycles. The maximum atomic E-state index is 13.6. The number of phenols is 1. The van der Waals surface area contributed by atoms with E-state index in [0.29, 0.717) is 42.5 Å². The Morgan fingerprint density at radius 3 is 2.56 bits per heavy atom. The van der Waals surface area contributed by atoms with Crippen molar-refractivity contribution in [2.45, 2.75) is 32.9 Å². The predicted molar refractivity (Wildman–Crippen MR) is 131 cm³/mol. The molecule has 1 unspecified atom stereocenters. The number of thiazole rings is 1. The smallest absolute Gasteiger partial charge is 0.338 e. The first-order valence-corrected chi connectivity index (χ1v) is 11.7. The minimum atomic E-state index is -0.716. The summed E-state index contributed by atoms with van der Waals surface area (Å²) in [6.07, 6.45) is 1.35. The summed E-state index contributed by atoms with van der Waals surface area (Å²) in [5, 5.41) is 10.6. The number of hydrogen-bond acceptors (Lipinski definition) is 7. The molecule has 2 aromatic carbocycles. The van der Waals surface area contributed by atoms with E-state index < -0.39 is 12.0 Å². The summed E-state index contributed by atoms with van der Waals surface area (Å²) in [4.78, 5) is 31.7. The molecule has 0 radical (unpaired) electrons. The number of carbonyl (C=O) groups is 1. The van der Waals surface area contributed by atoms with Crippen molar-refractivity contribution in [3.05, 3.63) is 89.6 Å². The summed E-state index contributed by atoms with van der Waals surface area (Å²) in [6.45, 7) is 5.27. The van der Waals surface area contributed by atoms with E-state index in [1.54, 1.807) is 63.2 Å². The zero-order valence-corrected chi connectivity index (χ0v) is 20.6. The van der Waals surface area contributed by atoms with E-state index in [1.165, 1.54) is 29.1 Å². The number of allylic oxidation sites excluding steroid dienone is 1. The summed E-state index contributed by atoms with van der Waals surface area (Å²) in [5.74, 6) is -0.214. The maximum absolute atomic E-state index is 13.6. The first-order chi connectivity index (χ1) is 16.2. The highest BCUT2D eigenvalue weighted by molar-refractivity contribution is 7.07. The quantitative estimate of drug-likeness (QED) is 0.543. The lowest BCUT2D eigenvalue weighted by Gasteiger charge is -2.25. The van der Waals surface area contributed by atoms with Gasteiger partial charge in [0.25, 0.3) is 5.56 Å². The normalized spacial score (nSPS) is 15.8. The molecule has 0 saturated heterocycles. The zero-order valence-electron chi connectivity index (χ0n) is 19.0. The van der Waals surface area contributed by atoms with Crippen LogP contribution < -0.4 is 19.6 Å². The lowest BCUT2D eigenvalue weighted by molar-refractivity contribution is -0.143. The maximum Gasteiger partial charge on any atom is 0.338 e. The summed E-state index contributed by atoms with van der Waals surface area (Å²) < 4.78 is 12.5. The number of phenolic OH excluding ortho intramolecular Hbond substituents is 1. The number of carbonyl (C=O) groups excluding carboxylic acids is 1. The van der Waals surface area contributed by atoms with Gasteiger partial charge in [-0.05, 0) is 62.2 Å². The Morgan fingerprint density at radius 1 is 1.24 bits per heavy atom. The summed E-state index contributed by atoms with van der Waals surface area (Å²) in [7, 11) is 1.47. The Labute approximate surface area is 204 Å². The van der Waals surface area contributed by atoms with Crippen molar-refractivity contribution >= 4 is 35.0 Å². The van der Waals surface area contributed by atoms with E-state index in [4.69, 9.17) is 21.1 Å². The molecule has 0 amide bonds. The number of fused-ring (bicyclic) bond motifs is 1. The van der Waals surface area contributed by atoms with Gasteiger partial charge in [0, 0.05) is 5.02 Å². The second-order valence-corrected chi connectivity index (χ2v) is 9.46. The van der Waals surface area contributed by atoms with E-state index in [9.17, 15) is 14.7 Å². The number of methoxy groups -OCH3 is 1. The average molecular weight is 499 g/mol. The third kappa shape index (κ3) is 4.51. The number of ether oxygens (including phenoxy) is 2. The van der Waals surface area contributed by atoms with Gasteiger partial charge >= 0.3 is 5.97 Å². The molecule has 1 atom stereocenters. The Hall–Kier alpha value is -3.36. The van der Waals surface area contributed by atoms with Gasteiger partial charge in [-0.25, -0.2) is 9.79 Å². The summed E-state index contributed by atoms with van der Waals surface area (Å²) in [6, 6.07) is 11.2. The molecule has 3 aromatic rings. The van der Waals surface area contributed by atoms with Gasteiger partial charge in [0.05, 0.1) is 35.1 Å². The molecule has 0 bridgehead atoms. The first-order valence-electron chi connectivity index (χ1n) is 10.6. The molecule has 1 aliphatic rings. The largest absolute Gasteiger partial charge is 0.504 e. The van der Waals surface area contributed by atoms with Crippen LogP contribution in [-0.4, -0.2) is 28.9 Å². The SMILES string of the molecule is COc1ccc(/C=c2\sc3n(c2=O)C(c2ccc(Cl)cc2)C(C(=O)OC(C)C)=C(C)N=3)cc1O. The van der Waals surface area contributed by atoms with Crippen molar-refractivity contribution < 1.29 is 19.4 Å². The highest BCUT2D eigenvalue weighted by atomic mass is 35.5. The third-order valence-electron chi connectivity index (χ3n) is 5.27. The highest BCUT2D eigenvalue weighted by Crippen LogP contribution is 2.31. The second kappa shape index (κ2) is 9.48. The lowest BCUT2D eigenvalue weighted by Crippen LogP contribution is -2.40. The Morgan fingerprint density at radius 2 is 1.94 bits per heavy atom. The van der Waals surface area contributed by atoms with Crippen LogP contribution in [0.5, 0.6) is 11.5 Å². The zero-order chi connectivity index (χ0) is 24.6. The van der Waals surface area contributed by atoms with Crippen LogP contribution in [0.2, 0.25) is 5.02 Å². The summed E-state index contributed by atoms with van der Waals surface area (Å²) >= 11 is 7.29. The van der Waals surface area contributed by atoms with Crippen LogP contribution >= 0.6 is 22.9 Å². The van der Waals surface area contributed by atoms with Crippen LogP contribution in [0.1, 0.15) is 37.9 Å². The van der Waals surface area contributed by atoms with Gasteiger partial charge in [-0.2, -0.15) is 0 Å². The average Bonchev–Trinajstić information content (AvgIpc) is 3.07. The van der Waals surface area contributed by atoms with E-state index in [-0.39, 0.29) is 17.4 Å². The minimum absolute atomic E-state index is 0.0300. The Kier molecular flexibility index (Phi) is 6.63. The van der Waals surface area contributed by atoms with Crippen LogP contribution in [0.25, 0.3) is 6.08 Å². The number of aromatic hydroxyl groups is 1. The van der Waals surface area contributed by atoms with Crippen molar-refractivity contribution in [3.8, 4) is 11.5 Å². The number of nitrogens with zero attached hydrogens (tertiary/aromatic N) is 2. The fourth-order valence-corrected chi connectivity index (χ4v) is 4.94. The van der Waals surface area contributed by atoms with Gasteiger partial charge in [-0.1, -0.05) is 41.1 Å². The molecule has 1 aromatic heterocycles. The molecular weight excluding hydrogens is 476 g/mol. The van der Waals surface area contributed by atoms with Gasteiger partial charge in [0.1, 0.15) is 0 Å². The van der Waals surface area contributed by atoms with Crippen molar-refractivity contribution in [1.29, 1.82) is 0 Å². The van der Waals surface area contributed by atoms with E-state index in [0.717, 1.165) is 0 Å². The molecule has 1 N–H and O–H groups in total. The third-order valence-corrected chi connectivity index (χ3v) is 6.51. The van der Waals surface area contributed by atoms with Crippen LogP contribution in [0, 0.1) is 0 Å². The molecule has 0 spiro atoms. The number of rotatable bonds is 5. The minimum Gasteiger partial charge on any atom is -0.504 e. The van der Waals surface area contributed by atoms with Gasteiger partial charge < -0.3 is 14.6 Å². The molecule has 9 heteroatoms. The van der Waals surface area contributed by atoms with Gasteiger partial charge in [0.15, 0.2) is 16.3 Å². The van der Waals surface area contributed by atoms with Gasteiger partial charge in [0.2, 0.25) is 0 Å². The van der Waals surface area contributed by atoms with Crippen LogP contribution in [-0.2, 0) is 9.53 Å². The Balaban J connectivity index is 1.92.